The van der Waals surface area contributed by atoms with Gasteiger partial charge >= 0.3 is 0 Å². The highest BCUT2D eigenvalue weighted by molar-refractivity contribution is 6.20. The van der Waals surface area contributed by atoms with E-state index in [1.165, 1.54) is 32.1 Å². The number of fused-ring (bicyclic) bond motifs is 1. The minimum atomic E-state index is 0.0719. The van der Waals surface area contributed by atoms with E-state index < -0.39 is 0 Å². The number of anilines is 1. The van der Waals surface area contributed by atoms with Crippen LogP contribution in [0.15, 0.2) is 18.2 Å². The molecule has 1 aliphatic heterocycles. The van der Waals surface area contributed by atoms with Gasteiger partial charge in [0.05, 0.1) is 11.8 Å². The smallest absolute Gasteiger partial charge is 0.228 e. The highest BCUT2D eigenvalue weighted by atomic mass is 35.5. The second kappa shape index (κ2) is 6.95. The van der Waals surface area contributed by atoms with Crippen LogP contribution in [0.5, 0.6) is 0 Å². The van der Waals surface area contributed by atoms with E-state index in [1.807, 2.05) is 12.1 Å². The zero-order valence-corrected chi connectivity index (χ0v) is 12.3. The van der Waals surface area contributed by atoms with Gasteiger partial charge in [0.15, 0.2) is 0 Å². The van der Waals surface area contributed by atoms with E-state index >= 15 is 0 Å². The molecule has 0 saturated heterocycles. The van der Waals surface area contributed by atoms with Crippen molar-refractivity contribution in [1.29, 1.82) is 0 Å². The molecule has 1 amide bonds. The minimum Gasteiger partial charge on any atom is -0.326 e. The van der Waals surface area contributed by atoms with E-state index in [4.69, 9.17) is 11.6 Å². The van der Waals surface area contributed by atoms with Crippen molar-refractivity contribution in [2.75, 3.05) is 5.32 Å². The van der Waals surface area contributed by atoms with Gasteiger partial charge in [0.2, 0.25) is 5.91 Å². The number of halogens is 1. The van der Waals surface area contributed by atoms with Crippen LogP contribution >= 0.6 is 11.6 Å². The van der Waals surface area contributed by atoms with Gasteiger partial charge in [0, 0.05) is 5.69 Å². The Labute approximate surface area is 120 Å². The predicted octanol–water partition coefficient (Wildman–Crippen LogP) is 4.82. The summed E-state index contributed by atoms with van der Waals surface area (Å²) in [5.41, 5.74) is 3.17. The molecule has 1 atom stereocenters. The number of alkyl halides is 1. The molecule has 3 heteroatoms. The summed E-state index contributed by atoms with van der Waals surface area (Å²) >= 11 is 6.45. The number of hydrogen-bond acceptors (Lipinski definition) is 1. The fraction of sp³-hybridized carbons (Fsp3) is 0.562. The first-order valence-electron chi connectivity index (χ1n) is 7.27. The van der Waals surface area contributed by atoms with Crippen LogP contribution in [0.25, 0.3) is 0 Å². The highest BCUT2D eigenvalue weighted by Gasteiger charge is 2.19. The number of amides is 1. The van der Waals surface area contributed by atoms with E-state index in [-0.39, 0.29) is 11.3 Å². The van der Waals surface area contributed by atoms with Crippen LogP contribution in [0.3, 0.4) is 0 Å². The minimum absolute atomic E-state index is 0.0719. The largest absolute Gasteiger partial charge is 0.326 e. The first kappa shape index (κ1) is 14.4. The molecule has 1 unspecified atom stereocenters. The maximum atomic E-state index is 11.3. The third-order valence-corrected chi connectivity index (χ3v) is 4.15. The fourth-order valence-electron chi connectivity index (χ4n) is 2.54. The molecule has 2 rings (SSSR count). The number of hydrogen-bond donors (Lipinski definition) is 1. The maximum absolute atomic E-state index is 11.3. The first-order chi connectivity index (χ1) is 9.20. The van der Waals surface area contributed by atoms with Gasteiger partial charge in [-0.15, -0.1) is 11.6 Å². The van der Waals surface area contributed by atoms with Crippen molar-refractivity contribution in [2.24, 2.45) is 0 Å². The van der Waals surface area contributed by atoms with Gasteiger partial charge in [0.25, 0.3) is 0 Å². The molecule has 1 heterocycles. The second-order valence-electron chi connectivity index (χ2n) is 5.31. The van der Waals surface area contributed by atoms with Crippen molar-refractivity contribution in [3.05, 3.63) is 29.3 Å². The lowest BCUT2D eigenvalue weighted by molar-refractivity contribution is -0.115. The van der Waals surface area contributed by atoms with Gasteiger partial charge in [-0.2, -0.15) is 0 Å². The Balaban J connectivity index is 1.84. The molecule has 104 valence electrons. The summed E-state index contributed by atoms with van der Waals surface area (Å²) in [6.45, 7) is 2.23. The van der Waals surface area contributed by atoms with Gasteiger partial charge in [0.1, 0.15) is 0 Å². The molecule has 0 aliphatic carbocycles. The lowest BCUT2D eigenvalue weighted by Gasteiger charge is -2.11. The van der Waals surface area contributed by atoms with Crippen molar-refractivity contribution in [2.45, 2.75) is 57.2 Å². The molecule has 0 fully saturated rings. The van der Waals surface area contributed by atoms with E-state index in [2.05, 4.69) is 18.3 Å². The SMILES string of the molecule is CCCCCCCC(Cl)c1ccc2c(c1)CC(=O)N2. The second-order valence-corrected chi connectivity index (χ2v) is 5.84. The van der Waals surface area contributed by atoms with Crippen LogP contribution in [0.4, 0.5) is 5.69 Å². The number of rotatable bonds is 7. The Kier molecular flexibility index (Phi) is 5.26. The molecule has 1 aromatic carbocycles. The Bertz CT molecular complexity index is 444. The van der Waals surface area contributed by atoms with Crippen LogP contribution < -0.4 is 5.32 Å². The summed E-state index contributed by atoms with van der Waals surface area (Å²) in [7, 11) is 0. The molecular formula is C16H22ClNO. The normalized spacial score (nSPS) is 15.2. The molecule has 1 N–H and O–H groups in total. The van der Waals surface area contributed by atoms with Crippen LogP contribution in [-0.4, -0.2) is 5.91 Å². The van der Waals surface area contributed by atoms with E-state index in [9.17, 15) is 4.79 Å². The molecule has 0 radical (unpaired) electrons. The third kappa shape index (κ3) is 3.97. The van der Waals surface area contributed by atoms with E-state index in [0.29, 0.717) is 6.42 Å². The first-order valence-corrected chi connectivity index (χ1v) is 7.71. The Morgan fingerprint density at radius 2 is 2.05 bits per heavy atom. The van der Waals surface area contributed by atoms with Crippen molar-refractivity contribution >= 4 is 23.2 Å². The third-order valence-electron chi connectivity index (χ3n) is 3.68. The molecule has 0 saturated carbocycles. The monoisotopic (exact) mass is 279 g/mol. The lowest BCUT2D eigenvalue weighted by Crippen LogP contribution is -2.03. The summed E-state index contributed by atoms with van der Waals surface area (Å²) in [5.74, 6) is 0.0813. The number of carbonyl (C=O) groups excluding carboxylic acids is 1. The Morgan fingerprint density at radius 3 is 2.84 bits per heavy atom. The van der Waals surface area contributed by atoms with Gasteiger partial charge in [-0.3, -0.25) is 4.79 Å². The van der Waals surface area contributed by atoms with Crippen LogP contribution in [0.2, 0.25) is 0 Å². The topological polar surface area (TPSA) is 29.1 Å². The quantitative estimate of drug-likeness (QED) is 0.562. The molecule has 1 aromatic rings. The number of nitrogens with one attached hydrogen (secondary N) is 1. The van der Waals surface area contributed by atoms with Crippen molar-refractivity contribution < 1.29 is 4.79 Å². The van der Waals surface area contributed by atoms with Crippen molar-refractivity contribution in [3.8, 4) is 0 Å². The lowest BCUT2D eigenvalue weighted by atomic mass is 10.0. The zero-order chi connectivity index (χ0) is 13.7. The van der Waals surface area contributed by atoms with Gasteiger partial charge in [-0.1, -0.05) is 51.2 Å². The van der Waals surface area contributed by atoms with E-state index in [0.717, 1.165) is 23.2 Å². The molecule has 0 aromatic heterocycles. The fourth-order valence-corrected chi connectivity index (χ4v) is 2.83. The van der Waals surface area contributed by atoms with Gasteiger partial charge < -0.3 is 5.32 Å². The average Bonchev–Trinajstić information content (AvgIpc) is 2.77. The van der Waals surface area contributed by atoms with Crippen molar-refractivity contribution in [3.63, 3.8) is 0 Å². The highest BCUT2D eigenvalue weighted by Crippen LogP contribution is 2.31. The van der Waals surface area contributed by atoms with Gasteiger partial charge in [-0.25, -0.2) is 0 Å². The van der Waals surface area contributed by atoms with Gasteiger partial charge in [-0.05, 0) is 23.6 Å². The number of benzene rings is 1. The summed E-state index contributed by atoms with van der Waals surface area (Å²) in [5, 5.41) is 2.92. The average molecular weight is 280 g/mol. The molecule has 0 bridgehead atoms. The molecule has 0 spiro atoms. The predicted molar refractivity (Wildman–Crippen MR) is 80.7 cm³/mol. The maximum Gasteiger partial charge on any atom is 0.228 e. The molecule has 19 heavy (non-hydrogen) atoms. The standard InChI is InChI=1S/C16H22ClNO/c1-2-3-4-5-6-7-14(17)12-8-9-15-13(10-12)11-16(19)18-15/h8-10,14H,2-7,11H2,1H3,(H,18,19). The molecular weight excluding hydrogens is 258 g/mol. The van der Waals surface area contributed by atoms with Crippen LogP contribution in [0.1, 0.15) is 62.0 Å². The summed E-state index contributed by atoms with van der Waals surface area (Å²) in [6.07, 6.45) is 7.86. The molecule has 2 nitrogen and oxygen atoms in total. The zero-order valence-electron chi connectivity index (χ0n) is 11.5. The Morgan fingerprint density at radius 1 is 1.26 bits per heavy atom. The number of carbonyl (C=O) groups is 1. The summed E-state index contributed by atoms with van der Waals surface area (Å²) in [4.78, 5) is 11.3. The van der Waals surface area contributed by atoms with Crippen LogP contribution in [0, 0.1) is 0 Å². The number of unbranched alkanes of at least 4 members (excludes halogenated alkanes) is 4. The molecule has 1 aliphatic rings. The van der Waals surface area contributed by atoms with Crippen LogP contribution in [-0.2, 0) is 11.2 Å². The Hall–Kier alpha value is -1.02. The summed E-state index contributed by atoms with van der Waals surface area (Å²) < 4.78 is 0. The van der Waals surface area contributed by atoms with Crippen molar-refractivity contribution in [1.82, 2.24) is 0 Å². The summed E-state index contributed by atoms with van der Waals surface area (Å²) in [6, 6.07) is 6.09. The van der Waals surface area contributed by atoms with E-state index in [1.54, 1.807) is 0 Å².